The van der Waals surface area contributed by atoms with Crippen LogP contribution < -0.4 is 27.2 Å². The Morgan fingerprint density at radius 1 is 1.04 bits per heavy atom. The summed E-state index contributed by atoms with van der Waals surface area (Å²) < 4.78 is 8.36. The largest absolute Gasteiger partial charge is 0.477 e. The van der Waals surface area contributed by atoms with Gasteiger partial charge in [0.25, 0.3) is 11.5 Å². The van der Waals surface area contributed by atoms with E-state index < -0.39 is 17.2 Å². The van der Waals surface area contributed by atoms with Gasteiger partial charge in [0.05, 0.1) is 28.0 Å². The van der Waals surface area contributed by atoms with E-state index in [1.54, 1.807) is 24.3 Å². The predicted molar refractivity (Wildman–Crippen MR) is 199 cm³/mol. The van der Waals surface area contributed by atoms with Crippen LogP contribution in [0.4, 0.5) is 5.69 Å². The Hall–Kier alpha value is -4.45. The summed E-state index contributed by atoms with van der Waals surface area (Å²) in [5, 5.41) is 9.90. The lowest BCUT2D eigenvalue weighted by Crippen LogP contribution is -2.41. The number of allylic oxidation sites excluding steroid dienone is 1. The Balaban J connectivity index is 1.44. The number of nitrogens with one attached hydrogen (secondary N) is 3. The van der Waals surface area contributed by atoms with Crippen molar-refractivity contribution in [3.8, 4) is 11.1 Å². The molecule has 2 aliphatic rings. The molecule has 264 valence electrons. The highest BCUT2D eigenvalue weighted by Gasteiger charge is 2.30. The second-order valence-electron chi connectivity index (χ2n) is 13.2. The van der Waals surface area contributed by atoms with E-state index in [9.17, 15) is 19.2 Å². The fourth-order valence-electron chi connectivity index (χ4n) is 6.14. The summed E-state index contributed by atoms with van der Waals surface area (Å²) in [6.45, 7) is 11.6. The van der Waals surface area contributed by atoms with Gasteiger partial charge in [0.2, 0.25) is 11.8 Å². The average molecular weight is 722 g/mol. The van der Waals surface area contributed by atoms with Crippen molar-refractivity contribution in [1.29, 1.82) is 0 Å². The van der Waals surface area contributed by atoms with Gasteiger partial charge in [0.1, 0.15) is 5.56 Å². The molecule has 2 heterocycles. The molecule has 0 saturated carbocycles. The molecule has 3 N–H and O–H groups in total. The number of hydrogen-bond donors (Lipinski definition) is 3. The van der Waals surface area contributed by atoms with Gasteiger partial charge in [-0.05, 0) is 38.2 Å². The topological polar surface area (TPSA) is 136 Å². The number of rotatable bonds is 11. The normalized spacial score (nSPS) is 17.8. The smallest absolute Gasteiger partial charge is 0.330 e. The number of carbonyl (C=O) groups excluding carboxylic acids is 2. The summed E-state index contributed by atoms with van der Waals surface area (Å²) in [5.74, 6) is 0.114. The Morgan fingerprint density at radius 3 is 2.42 bits per heavy atom. The monoisotopic (exact) mass is 720 g/mol. The molecule has 0 radical (unpaired) electrons. The average Bonchev–Trinajstić information content (AvgIpc) is 3.67. The molecule has 3 aromatic rings. The van der Waals surface area contributed by atoms with Gasteiger partial charge in [-0.15, -0.1) is 0 Å². The number of ether oxygens (including phenoxy) is 1. The quantitative estimate of drug-likeness (QED) is 0.172. The number of aryl methyl sites for hydroxylation is 1. The highest BCUT2D eigenvalue weighted by Crippen LogP contribution is 2.40. The third kappa shape index (κ3) is 7.96. The Kier molecular flexibility index (Phi) is 11.5. The van der Waals surface area contributed by atoms with Crippen LogP contribution in [0.3, 0.4) is 0 Å². The van der Waals surface area contributed by atoms with E-state index in [4.69, 9.17) is 32.9 Å². The van der Waals surface area contributed by atoms with Crippen molar-refractivity contribution >= 4 is 52.3 Å². The lowest BCUT2D eigenvalue weighted by Gasteiger charge is -2.22. The number of halogens is 2. The summed E-state index contributed by atoms with van der Waals surface area (Å²) in [7, 11) is 2.76. The number of aromatic nitrogens is 2. The SMILES string of the molecule is C=C(/N=C(/OCC(C)C)C1=C(C)CCC1NCC1CCC(=O)N1)c1cccc(-c2cccc(NC(=O)c3cn(C)c(=O)n(C)c3=O)c2Cl)c1Cl. The van der Waals surface area contributed by atoms with Gasteiger partial charge in [0, 0.05) is 67.6 Å². The molecule has 1 aliphatic heterocycles. The molecule has 1 fully saturated rings. The standard InChI is InChI=1S/C37H42Cl2N6O5/c1-20(2)19-50-35(31-21(3)13-15-28(31)40-17-23-14-16-30(46)42-23)41-22(4)24-9-7-10-25(32(24)38)26-11-8-12-29(33(26)39)43-34(47)27-18-44(5)37(49)45(6)36(27)48/h7-12,18,20,23,28,40H,4,13-17,19H2,1-3,5-6H3,(H,42,46)(H,43,47)/b41-35+. The van der Waals surface area contributed by atoms with Gasteiger partial charge >= 0.3 is 5.69 Å². The molecule has 13 heteroatoms. The molecule has 2 atom stereocenters. The van der Waals surface area contributed by atoms with Gasteiger partial charge in [-0.25, -0.2) is 9.79 Å². The van der Waals surface area contributed by atoms with Crippen LogP contribution in [0.25, 0.3) is 16.8 Å². The van der Waals surface area contributed by atoms with Crippen molar-refractivity contribution in [1.82, 2.24) is 19.8 Å². The van der Waals surface area contributed by atoms with Crippen LogP contribution in [-0.4, -0.2) is 52.1 Å². The van der Waals surface area contributed by atoms with Crippen LogP contribution in [0.1, 0.15) is 62.4 Å². The van der Waals surface area contributed by atoms with Crippen molar-refractivity contribution < 1.29 is 14.3 Å². The van der Waals surface area contributed by atoms with Crippen LogP contribution in [0.2, 0.25) is 10.0 Å². The van der Waals surface area contributed by atoms with E-state index in [2.05, 4.69) is 43.3 Å². The minimum Gasteiger partial charge on any atom is -0.477 e. The molecule has 1 saturated heterocycles. The lowest BCUT2D eigenvalue weighted by atomic mass is 10.0. The van der Waals surface area contributed by atoms with Crippen LogP contribution in [-0.2, 0) is 23.6 Å². The second-order valence-corrected chi connectivity index (χ2v) is 13.9. The van der Waals surface area contributed by atoms with E-state index in [0.29, 0.717) is 52.9 Å². The lowest BCUT2D eigenvalue weighted by molar-refractivity contribution is -0.119. The second kappa shape index (κ2) is 15.6. The first-order valence-electron chi connectivity index (χ1n) is 16.6. The van der Waals surface area contributed by atoms with Crippen molar-refractivity contribution in [2.24, 2.45) is 25.0 Å². The minimum atomic E-state index is -0.725. The summed E-state index contributed by atoms with van der Waals surface area (Å²) >= 11 is 13.9. The number of carbonyl (C=O) groups is 2. The van der Waals surface area contributed by atoms with Gasteiger partial charge in [-0.3, -0.25) is 19.0 Å². The van der Waals surface area contributed by atoms with Crippen molar-refractivity contribution in [3.05, 3.63) is 102 Å². The molecule has 0 bridgehead atoms. The third-order valence-electron chi connectivity index (χ3n) is 8.87. The molecule has 1 aromatic heterocycles. The van der Waals surface area contributed by atoms with Gasteiger partial charge in [0.15, 0.2) is 0 Å². The minimum absolute atomic E-state index is 0.00531. The molecule has 11 nitrogen and oxygen atoms in total. The number of amides is 2. The molecule has 0 spiro atoms. The van der Waals surface area contributed by atoms with Crippen LogP contribution in [0.15, 0.2) is 74.9 Å². The first kappa shape index (κ1) is 36.8. The zero-order chi connectivity index (χ0) is 36.3. The van der Waals surface area contributed by atoms with Crippen molar-refractivity contribution in [3.63, 3.8) is 0 Å². The number of anilines is 1. The highest BCUT2D eigenvalue weighted by atomic mass is 35.5. The molecular weight excluding hydrogens is 679 g/mol. The van der Waals surface area contributed by atoms with Crippen LogP contribution in [0.5, 0.6) is 0 Å². The number of hydrogen-bond acceptors (Lipinski definition) is 7. The van der Waals surface area contributed by atoms with Crippen LogP contribution in [0, 0.1) is 5.92 Å². The van der Waals surface area contributed by atoms with Crippen molar-refractivity contribution in [2.45, 2.75) is 58.5 Å². The van der Waals surface area contributed by atoms with Crippen LogP contribution >= 0.6 is 23.2 Å². The molecule has 2 aromatic carbocycles. The van der Waals surface area contributed by atoms with Gasteiger partial charge < -0.3 is 25.3 Å². The number of nitrogens with zero attached hydrogens (tertiary/aromatic N) is 3. The number of aliphatic imine (C=N–C) groups is 1. The highest BCUT2D eigenvalue weighted by molar-refractivity contribution is 6.39. The summed E-state index contributed by atoms with van der Waals surface area (Å²) in [4.78, 5) is 54.6. The van der Waals surface area contributed by atoms with E-state index >= 15 is 0 Å². The molecule has 2 amide bonds. The summed E-state index contributed by atoms with van der Waals surface area (Å²) in [6.07, 6.45) is 4.32. The van der Waals surface area contributed by atoms with E-state index in [1.807, 2.05) is 12.1 Å². The maximum atomic E-state index is 13.1. The first-order chi connectivity index (χ1) is 23.8. The molecule has 1 aliphatic carbocycles. The summed E-state index contributed by atoms with van der Waals surface area (Å²) in [6, 6.07) is 10.6. The first-order valence-corrected chi connectivity index (χ1v) is 17.3. The fraction of sp³-hybridized carbons (Fsp3) is 0.378. The maximum absolute atomic E-state index is 13.1. The molecular formula is C37H42Cl2N6O5. The molecule has 50 heavy (non-hydrogen) atoms. The van der Waals surface area contributed by atoms with E-state index in [1.165, 1.54) is 25.9 Å². The molecule has 2 unspecified atom stereocenters. The molecule has 5 rings (SSSR count). The third-order valence-corrected chi connectivity index (χ3v) is 9.68. The van der Waals surface area contributed by atoms with Gasteiger partial charge in [-0.2, -0.15) is 0 Å². The Bertz CT molecular complexity index is 2030. The maximum Gasteiger partial charge on any atom is 0.330 e. The fourth-order valence-corrected chi connectivity index (χ4v) is 6.75. The number of benzene rings is 2. The Labute approximate surface area is 301 Å². The van der Waals surface area contributed by atoms with E-state index in [0.717, 1.165) is 34.0 Å². The van der Waals surface area contributed by atoms with Crippen molar-refractivity contribution in [2.75, 3.05) is 18.5 Å². The van der Waals surface area contributed by atoms with E-state index in [-0.39, 0.29) is 40.2 Å². The van der Waals surface area contributed by atoms with Gasteiger partial charge in [-0.1, -0.05) is 79.5 Å². The summed E-state index contributed by atoms with van der Waals surface area (Å²) in [5.41, 5.74) is 3.03. The Morgan fingerprint density at radius 2 is 1.74 bits per heavy atom. The predicted octanol–water partition coefficient (Wildman–Crippen LogP) is 5.70. The zero-order valence-electron chi connectivity index (χ0n) is 28.9. The zero-order valence-corrected chi connectivity index (χ0v) is 30.4.